The lowest BCUT2D eigenvalue weighted by Crippen LogP contribution is -2.13. The summed E-state index contributed by atoms with van der Waals surface area (Å²) in [6.45, 7) is 2.06. The molecule has 1 heterocycles. The molecule has 3 aromatic carbocycles. The topological polar surface area (TPSA) is 92.3 Å². The monoisotopic (exact) mass is 436 g/mol. The standard InChI is InChI=1S/C27H20N2O4/c1-2-32-27(31)20-9-7-19(8-10-20)25-14-13-24(33-25)16-22(17-28)26(30)29-23-12-11-18-5-3-4-6-21(18)15-23/h3-16H,2H2,1H3,(H,29,30). The Morgan fingerprint density at radius 2 is 1.76 bits per heavy atom. The number of hydrogen-bond donors (Lipinski definition) is 1. The van der Waals surface area contributed by atoms with Crippen LogP contribution in [0.1, 0.15) is 23.0 Å². The first-order chi connectivity index (χ1) is 16.1. The van der Waals surface area contributed by atoms with Gasteiger partial charge < -0.3 is 14.5 Å². The summed E-state index contributed by atoms with van der Waals surface area (Å²) in [5.74, 6) is 0.00120. The number of hydrogen-bond acceptors (Lipinski definition) is 5. The van der Waals surface area contributed by atoms with Crippen molar-refractivity contribution in [1.82, 2.24) is 0 Å². The average Bonchev–Trinajstić information content (AvgIpc) is 3.31. The maximum absolute atomic E-state index is 12.6. The molecule has 0 saturated heterocycles. The molecule has 0 spiro atoms. The molecule has 0 aliphatic rings. The summed E-state index contributed by atoms with van der Waals surface area (Å²) in [7, 11) is 0. The molecule has 0 saturated carbocycles. The predicted molar refractivity (Wildman–Crippen MR) is 126 cm³/mol. The third-order valence-electron chi connectivity index (χ3n) is 4.97. The molecule has 4 rings (SSSR count). The number of carbonyl (C=O) groups is 2. The summed E-state index contributed by atoms with van der Waals surface area (Å²) < 4.78 is 10.8. The Morgan fingerprint density at radius 1 is 1.00 bits per heavy atom. The van der Waals surface area contributed by atoms with E-state index in [0.29, 0.717) is 29.4 Å². The number of esters is 1. The average molecular weight is 436 g/mol. The number of anilines is 1. The fourth-order valence-corrected chi connectivity index (χ4v) is 3.33. The molecular formula is C27H20N2O4. The summed E-state index contributed by atoms with van der Waals surface area (Å²) in [6.07, 6.45) is 1.40. The van der Waals surface area contributed by atoms with Crippen molar-refractivity contribution in [2.75, 3.05) is 11.9 Å². The van der Waals surface area contributed by atoms with Gasteiger partial charge in [-0.25, -0.2) is 4.79 Å². The lowest BCUT2D eigenvalue weighted by molar-refractivity contribution is -0.112. The van der Waals surface area contributed by atoms with E-state index in [1.807, 2.05) is 42.5 Å². The van der Waals surface area contributed by atoms with Gasteiger partial charge in [-0.05, 0) is 54.1 Å². The van der Waals surface area contributed by atoms with Gasteiger partial charge in [-0.2, -0.15) is 5.26 Å². The normalized spacial score (nSPS) is 11.1. The highest BCUT2D eigenvalue weighted by atomic mass is 16.5. The van der Waals surface area contributed by atoms with Crippen molar-refractivity contribution in [3.63, 3.8) is 0 Å². The van der Waals surface area contributed by atoms with Gasteiger partial charge in [0, 0.05) is 17.3 Å². The second-order valence-corrected chi connectivity index (χ2v) is 7.19. The highest BCUT2D eigenvalue weighted by molar-refractivity contribution is 6.10. The summed E-state index contributed by atoms with van der Waals surface area (Å²) in [5.41, 5.74) is 1.72. The zero-order chi connectivity index (χ0) is 23.2. The highest BCUT2D eigenvalue weighted by Crippen LogP contribution is 2.25. The van der Waals surface area contributed by atoms with Crippen LogP contribution in [-0.4, -0.2) is 18.5 Å². The van der Waals surface area contributed by atoms with Crippen LogP contribution in [0.15, 0.2) is 88.9 Å². The Bertz CT molecular complexity index is 1390. The molecule has 0 fully saturated rings. The van der Waals surface area contributed by atoms with Gasteiger partial charge in [0.15, 0.2) is 0 Å². The minimum Gasteiger partial charge on any atom is -0.462 e. The second-order valence-electron chi connectivity index (χ2n) is 7.19. The van der Waals surface area contributed by atoms with Crippen LogP contribution in [0, 0.1) is 11.3 Å². The van der Waals surface area contributed by atoms with E-state index in [0.717, 1.165) is 16.3 Å². The molecule has 6 nitrogen and oxygen atoms in total. The van der Waals surface area contributed by atoms with Crippen LogP contribution in [0.25, 0.3) is 28.2 Å². The van der Waals surface area contributed by atoms with Gasteiger partial charge >= 0.3 is 5.97 Å². The van der Waals surface area contributed by atoms with Crippen molar-refractivity contribution < 1.29 is 18.7 Å². The molecular weight excluding hydrogens is 416 g/mol. The van der Waals surface area contributed by atoms with Crippen LogP contribution in [0.4, 0.5) is 5.69 Å². The van der Waals surface area contributed by atoms with Crippen LogP contribution < -0.4 is 5.32 Å². The lowest BCUT2D eigenvalue weighted by atomic mass is 10.1. The zero-order valence-corrected chi connectivity index (χ0v) is 17.9. The van der Waals surface area contributed by atoms with Gasteiger partial charge in [0.05, 0.1) is 12.2 Å². The summed E-state index contributed by atoms with van der Waals surface area (Å²) in [5, 5.41) is 14.3. The van der Waals surface area contributed by atoms with Crippen LogP contribution >= 0.6 is 0 Å². The van der Waals surface area contributed by atoms with E-state index in [1.165, 1.54) is 6.08 Å². The number of ether oxygens (including phenoxy) is 1. The fourth-order valence-electron chi connectivity index (χ4n) is 3.33. The quantitative estimate of drug-likeness (QED) is 0.233. The first-order valence-corrected chi connectivity index (χ1v) is 10.4. The molecule has 1 N–H and O–H groups in total. The Kier molecular flexibility index (Phi) is 6.33. The molecule has 4 aromatic rings. The van der Waals surface area contributed by atoms with Gasteiger partial charge in [0.2, 0.25) is 0 Å². The first kappa shape index (κ1) is 21.6. The zero-order valence-electron chi connectivity index (χ0n) is 17.9. The van der Waals surface area contributed by atoms with E-state index in [2.05, 4.69) is 5.32 Å². The number of rotatable bonds is 6. The van der Waals surface area contributed by atoms with Crippen molar-refractivity contribution in [1.29, 1.82) is 5.26 Å². The number of benzene rings is 3. The van der Waals surface area contributed by atoms with E-state index in [4.69, 9.17) is 9.15 Å². The number of carbonyl (C=O) groups excluding carboxylic acids is 2. The van der Waals surface area contributed by atoms with E-state index < -0.39 is 5.91 Å². The molecule has 1 amide bonds. The largest absolute Gasteiger partial charge is 0.462 e. The third-order valence-corrected chi connectivity index (χ3v) is 4.97. The SMILES string of the molecule is CCOC(=O)c1ccc(-c2ccc(C=C(C#N)C(=O)Nc3ccc4ccccc4c3)o2)cc1. The van der Waals surface area contributed by atoms with Gasteiger partial charge in [-0.15, -0.1) is 0 Å². The molecule has 33 heavy (non-hydrogen) atoms. The smallest absolute Gasteiger partial charge is 0.338 e. The predicted octanol–water partition coefficient (Wildman–Crippen LogP) is 5.82. The number of nitrogens with one attached hydrogen (secondary N) is 1. The van der Waals surface area contributed by atoms with Gasteiger partial charge in [0.1, 0.15) is 23.2 Å². The van der Waals surface area contributed by atoms with Crippen molar-refractivity contribution in [2.24, 2.45) is 0 Å². The molecule has 0 atom stereocenters. The molecule has 162 valence electrons. The summed E-state index contributed by atoms with van der Waals surface area (Å²) in [4.78, 5) is 24.4. The summed E-state index contributed by atoms with van der Waals surface area (Å²) >= 11 is 0. The molecule has 0 unspecified atom stereocenters. The Morgan fingerprint density at radius 3 is 2.48 bits per heavy atom. The van der Waals surface area contributed by atoms with E-state index >= 15 is 0 Å². The van der Waals surface area contributed by atoms with E-state index in [-0.39, 0.29) is 11.5 Å². The Hall–Kier alpha value is -4.63. The van der Waals surface area contributed by atoms with Gasteiger partial charge in [-0.3, -0.25) is 4.79 Å². The van der Waals surface area contributed by atoms with Crippen molar-refractivity contribution in [2.45, 2.75) is 6.92 Å². The number of fused-ring (bicyclic) bond motifs is 1. The van der Waals surface area contributed by atoms with Crippen molar-refractivity contribution in [3.8, 4) is 17.4 Å². The minimum absolute atomic E-state index is 0.0817. The van der Waals surface area contributed by atoms with E-state index in [9.17, 15) is 14.9 Å². The molecule has 0 radical (unpaired) electrons. The van der Waals surface area contributed by atoms with E-state index in [1.54, 1.807) is 49.4 Å². The lowest BCUT2D eigenvalue weighted by Gasteiger charge is -2.06. The minimum atomic E-state index is -0.524. The second kappa shape index (κ2) is 9.67. The first-order valence-electron chi connectivity index (χ1n) is 10.4. The molecule has 0 bridgehead atoms. The van der Waals surface area contributed by atoms with Crippen molar-refractivity contribution in [3.05, 3.63) is 95.8 Å². The van der Waals surface area contributed by atoms with Crippen LogP contribution in [0.2, 0.25) is 0 Å². The Balaban J connectivity index is 1.49. The van der Waals surface area contributed by atoms with Crippen LogP contribution in [0.5, 0.6) is 0 Å². The maximum atomic E-state index is 12.6. The fraction of sp³-hybridized carbons (Fsp3) is 0.0741. The molecule has 0 aliphatic carbocycles. The van der Waals surface area contributed by atoms with Crippen molar-refractivity contribution >= 4 is 34.4 Å². The number of nitriles is 1. The van der Waals surface area contributed by atoms with Gasteiger partial charge in [-0.1, -0.05) is 42.5 Å². The molecule has 0 aliphatic heterocycles. The molecule has 1 aromatic heterocycles. The number of amides is 1. The summed E-state index contributed by atoms with van der Waals surface area (Å²) in [6, 6.07) is 25.5. The van der Waals surface area contributed by atoms with Crippen LogP contribution in [-0.2, 0) is 9.53 Å². The maximum Gasteiger partial charge on any atom is 0.338 e. The number of nitrogens with zero attached hydrogens (tertiary/aromatic N) is 1. The van der Waals surface area contributed by atoms with Gasteiger partial charge in [0.25, 0.3) is 5.91 Å². The number of furan rings is 1. The molecule has 6 heteroatoms. The Labute approximate surface area is 190 Å². The highest BCUT2D eigenvalue weighted by Gasteiger charge is 2.13. The third kappa shape index (κ3) is 5.00. The van der Waals surface area contributed by atoms with Crippen LogP contribution in [0.3, 0.4) is 0 Å².